The third-order valence-electron chi connectivity index (χ3n) is 8.89. The van der Waals surface area contributed by atoms with E-state index in [-0.39, 0.29) is 29.8 Å². The maximum Gasteiger partial charge on any atom is 0.264 e. The molecule has 0 unspecified atom stereocenters. The summed E-state index contributed by atoms with van der Waals surface area (Å²) in [4.78, 5) is 30.5. The van der Waals surface area contributed by atoms with Gasteiger partial charge in [0.2, 0.25) is 11.8 Å². The first-order valence-corrected chi connectivity index (χ1v) is 18.5. The molecule has 10 heteroatoms. The van der Waals surface area contributed by atoms with Gasteiger partial charge < -0.3 is 10.2 Å². The van der Waals surface area contributed by atoms with Crippen LogP contribution in [-0.4, -0.2) is 43.8 Å². The Labute approximate surface area is 293 Å². The Balaban J connectivity index is 1.61. The molecule has 0 saturated heterocycles. The van der Waals surface area contributed by atoms with Crippen molar-refractivity contribution >= 4 is 50.7 Å². The van der Waals surface area contributed by atoms with E-state index in [1.165, 1.54) is 4.90 Å². The van der Waals surface area contributed by atoms with Crippen LogP contribution in [0.1, 0.15) is 54.9 Å². The van der Waals surface area contributed by atoms with Crippen LogP contribution in [-0.2, 0) is 39.0 Å². The van der Waals surface area contributed by atoms with Crippen molar-refractivity contribution in [2.24, 2.45) is 0 Å². The van der Waals surface area contributed by atoms with Crippen molar-refractivity contribution in [3.63, 3.8) is 0 Å². The summed E-state index contributed by atoms with van der Waals surface area (Å²) in [5.74, 6) is -0.862. The van der Waals surface area contributed by atoms with Gasteiger partial charge >= 0.3 is 0 Å². The summed E-state index contributed by atoms with van der Waals surface area (Å²) >= 11 is 13.3. The molecule has 1 aliphatic carbocycles. The number of amides is 2. The van der Waals surface area contributed by atoms with Gasteiger partial charge in [-0.1, -0.05) is 115 Å². The predicted molar refractivity (Wildman–Crippen MR) is 193 cm³/mol. The Morgan fingerprint density at radius 2 is 1.48 bits per heavy atom. The summed E-state index contributed by atoms with van der Waals surface area (Å²) < 4.78 is 30.0. The van der Waals surface area contributed by atoms with E-state index in [2.05, 4.69) is 5.32 Å². The van der Waals surface area contributed by atoms with E-state index in [1.807, 2.05) is 56.3 Å². The number of hydrogen-bond acceptors (Lipinski definition) is 4. The van der Waals surface area contributed by atoms with Gasteiger partial charge in [-0.3, -0.25) is 13.9 Å². The number of halogens is 2. The first-order valence-electron chi connectivity index (χ1n) is 16.3. The normalized spacial score (nSPS) is 14.0. The summed E-state index contributed by atoms with van der Waals surface area (Å²) in [6.07, 6.45) is 4.53. The Bertz CT molecular complexity index is 1810. The van der Waals surface area contributed by atoms with Crippen molar-refractivity contribution in [1.29, 1.82) is 0 Å². The zero-order valence-electron chi connectivity index (χ0n) is 27.2. The summed E-state index contributed by atoms with van der Waals surface area (Å²) in [6.45, 7) is 3.18. The van der Waals surface area contributed by atoms with Crippen molar-refractivity contribution in [3.8, 4) is 0 Å². The SMILES string of the molecule is CCc1ccccc1N(CC(=O)N(Cc1c(Cl)cccc1Cl)[C@H](Cc1ccccc1)C(=O)NC1CCCC1)S(=O)(=O)c1ccc(C)cc1. The molecule has 1 saturated carbocycles. The zero-order valence-corrected chi connectivity index (χ0v) is 29.6. The summed E-state index contributed by atoms with van der Waals surface area (Å²) in [5.41, 5.74) is 3.40. The summed E-state index contributed by atoms with van der Waals surface area (Å²) in [7, 11) is -4.21. The number of nitrogens with one attached hydrogen (secondary N) is 1. The number of aryl methyl sites for hydroxylation is 2. The molecule has 7 nitrogen and oxygen atoms in total. The van der Waals surface area contributed by atoms with E-state index in [0.29, 0.717) is 27.7 Å². The fourth-order valence-corrected chi connectivity index (χ4v) is 8.15. The molecule has 0 spiro atoms. The molecule has 1 fully saturated rings. The molecule has 5 rings (SSSR count). The fraction of sp³-hybridized carbons (Fsp3) is 0.316. The largest absolute Gasteiger partial charge is 0.352 e. The molecule has 4 aromatic rings. The van der Waals surface area contributed by atoms with Crippen molar-refractivity contribution in [1.82, 2.24) is 10.2 Å². The second-order valence-corrected chi connectivity index (χ2v) is 14.9. The molecule has 1 aliphatic rings. The average molecular weight is 707 g/mol. The van der Waals surface area contributed by atoms with Gasteiger partial charge in [0.25, 0.3) is 10.0 Å². The van der Waals surface area contributed by atoms with Crippen LogP contribution in [0, 0.1) is 6.92 Å². The standard InChI is InChI=1S/C38H41Cl2N3O4S/c1-3-29-14-7-10-19-35(29)43(48(46,47)31-22-20-27(2)21-23-31)26-37(44)42(25-32-33(39)17-11-18-34(32)40)36(24-28-12-5-4-6-13-28)38(45)41-30-15-8-9-16-30/h4-7,10-14,17-23,30,36H,3,8-9,15-16,24-26H2,1-2H3,(H,41,45)/t36-/m1/s1. The second-order valence-electron chi connectivity index (χ2n) is 12.2. The third-order valence-corrected chi connectivity index (χ3v) is 11.4. The molecule has 48 heavy (non-hydrogen) atoms. The summed E-state index contributed by atoms with van der Waals surface area (Å²) in [6, 6.07) is 27.3. The van der Waals surface area contributed by atoms with Crippen LogP contribution in [0.15, 0.2) is 102 Å². The number of para-hydroxylation sites is 1. The molecule has 2 amide bonds. The third kappa shape index (κ3) is 8.41. The highest BCUT2D eigenvalue weighted by Crippen LogP contribution is 2.31. The minimum Gasteiger partial charge on any atom is -0.352 e. The molecule has 0 heterocycles. The van der Waals surface area contributed by atoms with Gasteiger partial charge in [-0.15, -0.1) is 0 Å². The number of anilines is 1. The average Bonchev–Trinajstić information content (AvgIpc) is 3.60. The second kappa shape index (κ2) is 16.0. The van der Waals surface area contributed by atoms with Crippen LogP contribution in [0.25, 0.3) is 0 Å². The van der Waals surface area contributed by atoms with Crippen molar-refractivity contribution in [3.05, 3.63) is 129 Å². The van der Waals surface area contributed by atoms with Crippen molar-refractivity contribution in [2.75, 3.05) is 10.8 Å². The smallest absolute Gasteiger partial charge is 0.264 e. The molecular formula is C38H41Cl2N3O4S. The molecule has 0 bridgehead atoms. The number of benzene rings is 4. The Morgan fingerprint density at radius 1 is 0.854 bits per heavy atom. The Morgan fingerprint density at radius 3 is 2.12 bits per heavy atom. The highest BCUT2D eigenvalue weighted by molar-refractivity contribution is 7.92. The lowest BCUT2D eigenvalue weighted by Crippen LogP contribution is -2.54. The van der Waals surface area contributed by atoms with Crippen LogP contribution in [0.2, 0.25) is 10.0 Å². The van der Waals surface area contributed by atoms with Crippen LogP contribution in [0.3, 0.4) is 0 Å². The minimum atomic E-state index is -4.21. The Kier molecular flexibility index (Phi) is 11.8. The maximum atomic E-state index is 14.8. The van der Waals surface area contributed by atoms with Gasteiger partial charge in [0, 0.05) is 34.6 Å². The fourth-order valence-electron chi connectivity index (χ4n) is 6.18. The molecule has 252 valence electrons. The lowest BCUT2D eigenvalue weighted by atomic mass is 10.0. The van der Waals surface area contributed by atoms with Crippen molar-refractivity contribution < 1.29 is 18.0 Å². The highest BCUT2D eigenvalue weighted by Gasteiger charge is 2.36. The molecule has 4 aromatic carbocycles. The van der Waals surface area contributed by atoms with Gasteiger partial charge in [-0.25, -0.2) is 8.42 Å². The van der Waals surface area contributed by atoms with Gasteiger partial charge in [-0.2, -0.15) is 0 Å². The van der Waals surface area contributed by atoms with E-state index >= 15 is 0 Å². The number of carbonyl (C=O) groups excluding carboxylic acids is 2. The van der Waals surface area contributed by atoms with Gasteiger partial charge in [0.05, 0.1) is 10.6 Å². The van der Waals surface area contributed by atoms with Gasteiger partial charge in [-0.05, 0) is 67.6 Å². The van der Waals surface area contributed by atoms with E-state index in [0.717, 1.165) is 46.7 Å². The number of rotatable bonds is 13. The van der Waals surface area contributed by atoms with E-state index < -0.39 is 28.5 Å². The van der Waals surface area contributed by atoms with Crippen LogP contribution in [0.5, 0.6) is 0 Å². The Hall–Kier alpha value is -3.85. The summed E-state index contributed by atoms with van der Waals surface area (Å²) in [5, 5.41) is 3.87. The van der Waals surface area contributed by atoms with E-state index in [4.69, 9.17) is 23.2 Å². The lowest BCUT2D eigenvalue weighted by molar-refractivity contribution is -0.140. The first kappa shape index (κ1) is 35.5. The number of sulfonamides is 1. The molecule has 1 N–H and O–H groups in total. The molecule has 0 radical (unpaired) electrons. The highest BCUT2D eigenvalue weighted by atomic mass is 35.5. The van der Waals surface area contributed by atoms with E-state index in [9.17, 15) is 18.0 Å². The van der Waals surface area contributed by atoms with E-state index in [1.54, 1.807) is 54.6 Å². The predicted octanol–water partition coefficient (Wildman–Crippen LogP) is 7.76. The minimum absolute atomic E-state index is 0.00599. The topological polar surface area (TPSA) is 86.8 Å². The lowest BCUT2D eigenvalue weighted by Gasteiger charge is -2.35. The number of carbonyl (C=O) groups is 2. The monoisotopic (exact) mass is 705 g/mol. The molecule has 0 aromatic heterocycles. The van der Waals surface area contributed by atoms with Crippen molar-refractivity contribution in [2.45, 2.75) is 75.9 Å². The van der Waals surface area contributed by atoms with Gasteiger partial charge in [0.15, 0.2) is 0 Å². The zero-order chi connectivity index (χ0) is 34.3. The van der Waals surface area contributed by atoms with Crippen LogP contribution >= 0.6 is 23.2 Å². The first-order chi connectivity index (χ1) is 23.1. The number of nitrogens with zero attached hydrogens (tertiary/aromatic N) is 2. The van der Waals surface area contributed by atoms with Crippen LogP contribution in [0.4, 0.5) is 5.69 Å². The van der Waals surface area contributed by atoms with Gasteiger partial charge in [0.1, 0.15) is 12.6 Å². The number of hydrogen-bond donors (Lipinski definition) is 1. The molecular weight excluding hydrogens is 665 g/mol. The molecule has 0 aliphatic heterocycles. The van der Waals surface area contributed by atoms with Crippen LogP contribution < -0.4 is 9.62 Å². The molecule has 1 atom stereocenters. The quantitative estimate of drug-likeness (QED) is 0.154. The maximum absolute atomic E-state index is 14.8.